The average Bonchev–Trinajstić information content (AvgIpc) is 3.16. The highest BCUT2D eigenvalue weighted by molar-refractivity contribution is 5.77. The van der Waals surface area contributed by atoms with Crippen molar-refractivity contribution in [3.8, 4) is 11.1 Å². The lowest BCUT2D eigenvalue weighted by atomic mass is 10.0. The van der Waals surface area contributed by atoms with Gasteiger partial charge in [0.25, 0.3) is 0 Å². The molecule has 0 fully saturated rings. The second-order valence-corrected chi connectivity index (χ2v) is 15.9. The summed E-state index contributed by atoms with van der Waals surface area (Å²) in [7, 11) is 0. The first kappa shape index (κ1) is 45.1. The Hall–Kier alpha value is -2.09. The van der Waals surface area contributed by atoms with Crippen LogP contribution in [0.4, 0.5) is 5.69 Å². The maximum absolute atomic E-state index is 11.1. The first-order valence-corrected chi connectivity index (χ1v) is 22.7. The number of nitrogens with zero attached hydrogens (tertiary/aromatic N) is 1. The monoisotopic (exact) mass is 702 g/mol. The fraction of sp³-hybridized carbons (Fsp3) is 0.735. The van der Waals surface area contributed by atoms with E-state index < -0.39 is 0 Å². The van der Waals surface area contributed by atoms with Gasteiger partial charge in [-0.15, -0.1) is 0 Å². The molecule has 0 atom stereocenters. The van der Waals surface area contributed by atoms with Crippen molar-refractivity contribution in [1.82, 2.24) is 0 Å². The molecule has 0 saturated heterocycles. The summed E-state index contributed by atoms with van der Waals surface area (Å²) in [6, 6.07) is 17.1. The van der Waals surface area contributed by atoms with Crippen molar-refractivity contribution in [2.45, 2.75) is 219 Å². The molecule has 2 heteroatoms. The Morgan fingerprint density at radius 1 is 0.353 bits per heavy atom. The molecule has 0 radical (unpaired) electrons. The fourth-order valence-corrected chi connectivity index (χ4v) is 7.69. The third-order valence-electron chi connectivity index (χ3n) is 11.2. The van der Waals surface area contributed by atoms with Gasteiger partial charge in [0.15, 0.2) is 0 Å². The lowest BCUT2D eigenvalue weighted by Gasteiger charge is -2.25. The van der Waals surface area contributed by atoms with Crippen molar-refractivity contribution >= 4 is 12.0 Å². The summed E-state index contributed by atoms with van der Waals surface area (Å²) in [6.07, 6.45) is 46.4. The minimum absolute atomic E-state index is 0.735. The van der Waals surface area contributed by atoms with E-state index in [1.54, 1.807) is 0 Å². The molecule has 0 aliphatic carbocycles. The molecule has 2 aromatic carbocycles. The summed E-state index contributed by atoms with van der Waals surface area (Å²) in [5.41, 5.74) is 4.50. The van der Waals surface area contributed by atoms with Crippen molar-refractivity contribution in [3.05, 3.63) is 54.1 Å². The Morgan fingerprint density at radius 3 is 0.882 bits per heavy atom. The summed E-state index contributed by atoms with van der Waals surface area (Å²) in [5, 5.41) is 0. The van der Waals surface area contributed by atoms with Gasteiger partial charge in [-0.2, -0.15) is 0 Å². The van der Waals surface area contributed by atoms with Crippen LogP contribution in [0.15, 0.2) is 48.5 Å². The number of hydrogen-bond donors (Lipinski definition) is 0. The topological polar surface area (TPSA) is 20.3 Å². The van der Waals surface area contributed by atoms with Crippen molar-refractivity contribution in [3.63, 3.8) is 0 Å². The molecule has 0 heterocycles. The molecule has 0 saturated carbocycles. The van der Waals surface area contributed by atoms with Crippen LogP contribution in [0, 0.1) is 0 Å². The molecule has 2 rings (SSSR count). The molecule has 0 spiro atoms. The highest BCUT2D eigenvalue weighted by Crippen LogP contribution is 2.25. The number of aldehydes is 1. The molecule has 2 nitrogen and oxygen atoms in total. The first-order valence-electron chi connectivity index (χ1n) is 22.7. The molecule has 0 aliphatic rings. The highest BCUT2D eigenvalue weighted by atomic mass is 16.1. The summed E-state index contributed by atoms with van der Waals surface area (Å²) < 4.78 is 0. The number of unbranched alkanes of at least 4 members (excludes halogenated alkanes) is 30. The van der Waals surface area contributed by atoms with E-state index in [0.29, 0.717) is 0 Å². The minimum atomic E-state index is 0.735. The van der Waals surface area contributed by atoms with Gasteiger partial charge in [-0.05, 0) is 36.1 Å². The number of rotatable bonds is 37. The van der Waals surface area contributed by atoms with Gasteiger partial charge in [-0.3, -0.25) is 4.79 Å². The number of anilines is 1. The average molecular weight is 702 g/mol. The highest BCUT2D eigenvalue weighted by Gasteiger charge is 2.08. The zero-order valence-electron chi connectivity index (χ0n) is 34.1. The van der Waals surface area contributed by atoms with Crippen LogP contribution >= 0.6 is 0 Å². The quantitative estimate of drug-likeness (QED) is 0.0516. The minimum Gasteiger partial charge on any atom is -0.372 e. The van der Waals surface area contributed by atoms with Crippen LogP contribution in [0.3, 0.4) is 0 Å². The summed E-state index contributed by atoms with van der Waals surface area (Å²) in [6.45, 7) is 6.95. The van der Waals surface area contributed by atoms with E-state index in [1.165, 1.54) is 235 Å². The standard InChI is InChI=1S/C49H83NO/c1-3-5-7-9-11-13-15-17-19-21-23-25-27-29-31-33-43-50(49-41-39-48(40-42-49)47-37-35-46(45-51)36-38-47)44-34-32-30-28-26-24-22-20-18-16-14-12-10-8-6-4-2/h35-42,45H,3-34,43-44H2,1-2H3. The van der Waals surface area contributed by atoms with Crippen molar-refractivity contribution in [2.24, 2.45) is 0 Å². The zero-order chi connectivity index (χ0) is 36.3. The molecule has 51 heavy (non-hydrogen) atoms. The van der Waals surface area contributed by atoms with Crippen LogP contribution in [0.25, 0.3) is 11.1 Å². The van der Waals surface area contributed by atoms with E-state index in [-0.39, 0.29) is 0 Å². The Kier molecular flexibility index (Phi) is 29.8. The Labute approximate surface area is 318 Å². The maximum Gasteiger partial charge on any atom is 0.150 e. The normalized spacial score (nSPS) is 11.3. The van der Waals surface area contributed by atoms with Gasteiger partial charge in [0.1, 0.15) is 6.29 Å². The lowest BCUT2D eigenvalue weighted by Crippen LogP contribution is -2.25. The van der Waals surface area contributed by atoms with Crippen LogP contribution in [-0.4, -0.2) is 19.4 Å². The van der Waals surface area contributed by atoms with Gasteiger partial charge in [0.2, 0.25) is 0 Å². The Balaban J connectivity index is 1.61. The van der Waals surface area contributed by atoms with E-state index in [9.17, 15) is 4.79 Å². The van der Waals surface area contributed by atoms with E-state index in [4.69, 9.17) is 0 Å². The molecule has 0 unspecified atom stereocenters. The van der Waals surface area contributed by atoms with Crippen molar-refractivity contribution < 1.29 is 4.79 Å². The molecular formula is C49H83NO. The van der Waals surface area contributed by atoms with Crippen LogP contribution in [0.1, 0.15) is 230 Å². The molecule has 0 aliphatic heterocycles. The predicted molar refractivity (Wildman–Crippen MR) is 229 cm³/mol. The van der Waals surface area contributed by atoms with Crippen LogP contribution in [0.5, 0.6) is 0 Å². The zero-order valence-corrected chi connectivity index (χ0v) is 34.1. The summed E-state index contributed by atoms with van der Waals surface area (Å²) in [5.74, 6) is 0. The second-order valence-electron chi connectivity index (χ2n) is 15.9. The molecular weight excluding hydrogens is 619 g/mol. The third kappa shape index (κ3) is 24.7. The SMILES string of the molecule is CCCCCCCCCCCCCCCCCCN(CCCCCCCCCCCCCCCCCC)c1ccc(-c2ccc(C=O)cc2)cc1. The molecule has 0 aromatic heterocycles. The Morgan fingerprint density at radius 2 is 0.608 bits per heavy atom. The van der Waals surface area contributed by atoms with Gasteiger partial charge in [0, 0.05) is 24.3 Å². The maximum atomic E-state index is 11.1. The third-order valence-corrected chi connectivity index (χ3v) is 11.2. The van der Waals surface area contributed by atoms with E-state index in [1.807, 2.05) is 12.1 Å². The van der Waals surface area contributed by atoms with Gasteiger partial charge < -0.3 is 4.90 Å². The first-order chi connectivity index (χ1) is 25.3. The van der Waals surface area contributed by atoms with E-state index in [0.717, 1.165) is 11.8 Å². The fourth-order valence-electron chi connectivity index (χ4n) is 7.69. The van der Waals surface area contributed by atoms with Gasteiger partial charge in [-0.25, -0.2) is 0 Å². The van der Waals surface area contributed by atoms with Crippen molar-refractivity contribution in [2.75, 3.05) is 18.0 Å². The van der Waals surface area contributed by atoms with E-state index in [2.05, 4.69) is 55.1 Å². The molecule has 0 amide bonds. The predicted octanol–water partition coefficient (Wildman–Crippen LogP) is 16.5. The smallest absolute Gasteiger partial charge is 0.150 e. The van der Waals surface area contributed by atoms with Crippen LogP contribution < -0.4 is 4.90 Å². The van der Waals surface area contributed by atoms with Gasteiger partial charge in [-0.1, -0.05) is 243 Å². The number of benzene rings is 2. The second kappa shape index (κ2) is 33.7. The number of hydrogen-bond acceptors (Lipinski definition) is 2. The number of carbonyl (C=O) groups is 1. The van der Waals surface area contributed by atoms with Crippen molar-refractivity contribution in [1.29, 1.82) is 0 Å². The van der Waals surface area contributed by atoms with Gasteiger partial charge in [0.05, 0.1) is 0 Å². The van der Waals surface area contributed by atoms with Crippen LogP contribution in [0.2, 0.25) is 0 Å². The molecule has 0 N–H and O–H groups in total. The van der Waals surface area contributed by atoms with Crippen LogP contribution in [-0.2, 0) is 0 Å². The molecule has 2 aromatic rings. The summed E-state index contributed by atoms with van der Waals surface area (Å²) in [4.78, 5) is 13.7. The molecule has 0 bridgehead atoms. The Bertz CT molecular complexity index is 976. The number of carbonyl (C=O) groups excluding carboxylic acids is 1. The lowest BCUT2D eigenvalue weighted by molar-refractivity contribution is 0.112. The van der Waals surface area contributed by atoms with E-state index >= 15 is 0 Å². The molecule has 290 valence electrons. The van der Waals surface area contributed by atoms with Gasteiger partial charge >= 0.3 is 0 Å². The summed E-state index contributed by atoms with van der Waals surface area (Å²) >= 11 is 0. The largest absolute Gasteiger partial charge is 0.372 e.